The summed E-state index contributed by atoms with van der Waals surface area (Å²) >= 11 is 5.91. The Balaban J connectivity index is 2.04. The molecule has 0 atom stereocenters. The fourth-order valence-electron chi connectivity index (χ4n) is 2.26. The summed E-state index contributed by atoms with van der Waals surface area (Å²) in [6, 6.07) is 0. The molecule has 0 aliphatic heterocycles. The molecule has 2 rings (SSSR count). The molecular formula is C11H15Cl. The fourth-order valence-corrected chi connectivity index (χ4v) is 2.42. The van der Waals surface area contributed by atoms with E-state index in [1.165, 1.54) is 32.1 Å². The van der Waals surface area contributed by atoms with Crippen molar-refractivity contribution in [3.63, 3.8) is 0 Å². The van der Waals surface area contributed by atoms with Crippen molar-refractivity contribution in [1.82, 2.24) is 0 Å². The Labute approximate surface area is 79.3 Å². The van der Waals surface area contributed by atoms with Crippen molar-refractivity contribution in [1.29, 1.82) is 0 Å². The summed E-state index contributed by atoms with van der Waals surface area (Å²) < 4.78 is 0. The fraction of sp³-hybridized carbons (Fsp3) is 0.636. The van der Waals surface area contributed by atoms with E-state index in [4.69, 9.17) is 11.6 Å². The minimum absolute atomic E-state index is 0.894. The van der Waals surface area contributed by atoms with Gasteiger partial charge in [-0.3, -0.25) is 0 Å². The molecule has 1 fully saturated rings. The summed E-state index contributed by atoms with van der Waals surface area (Å²) in [6.45, 7) is 0. The average molecular weight is 183 g/mol. The van der Waals surface area contributed by atoms with Gasteiger partial charge in [-0.25, -0.2) is 0 Å². The van der Waals surface area contributed by atoms with Crippen LogP contribution in [0.15, 0.2) is 22.8 Å². The lowest BCUT2D eigenvalue weighted by atomic mass is 9.91. The van der Waals surface area contributed by atoms with Crippen LogP contribution in [0.2, 0.25) is 0 Å². The van der Waals surface area contributed by atoms with Gasteiger partial charge in [-0.2, -0.15) is 0 Å². The Morgan fingerprint density at radius 2 is 1.83 bits per heavy atom. The number of hydrogen-bond acceptors (Lipinski definition) is 0. The van der Waals surface area contributed by atoms with Gasteiger partial charge in [0.2, 0.25) is 0 Å². The standard InChI is InChI=1S/C11H15Cl/c12-11-7-5-10(6-8-11)9-3-1-2-4-9/h5,7,9H,1-4,6,8H2. The predicted octanol–water partition coefficient (Wildman–Crippen LogP) is 4.02. The molecule has 0 radical (unpaired) electrons. The normalized spacial score (nSPS) is 25.4. The number of halogens is 1. The Hall–Kier alpha value is -0.230. The van der Waals surface area contributed by atoms with E-state index in [-0.39, 0.29) is 0 Å². The molecule has 2 aliphatic carbocycles. The first kappa shape index (κ1) is 8.37. The molecule has 0 aromatic heterocycles. The SMILES string of the molecule is ClC1=CC=C(C2CCCC2)CC1. The molecule has 0 unspecified atom stereocenters. The smallest absolute Gasteiger partial charge is 0.0184 e. The van der Waals surface area contributed by atoms with E-state index in [1.807, 2.05) is 0 Å². The summed E-state index contributed by atoms with van der Waals surface area (Å²) in [5, 5.41) is 1.02. The topological polar surface area (TPSA) is 0 Å². The van der Waals surface area contributed by atoms with Crippen molar-refractivity contribution < 1.29 is 0 Å². The zero-order chi connectivity index (χ0) is 8.39. The second-order valence-electron chi connectivity index (χ2n) is 3.84. The van der Waals surface area contributed by atoms with E-state index in [2.05, 4.69) is 12.2 Å². The van der Waals surface area contributed by atoms with Crippen LogP contribution in [-0.4, -0.2) is 0 Å². The number of rotatable bonds is 1. The molecule has 0 N–H and O–H groups in total. The Bertz CT molecular complexity index is 219. The van der Waals surface area contributed by atoms with Crippen LogP contribution < -0.4 is 0 Å². The second-order valence-corrected chi connectivity index (χ2v) is 4.32. The molecule has 2 aliphatic rings. The van der Waals surface area contributed by atoms with Crippen LogP contribution in [0.3, 0.4) is 0 Å². The minimum atomic E-state index is 0.894. The maximum atomic E-state index is 5.91. The van der Waals surface area contributed by atoms with Gasteiger partial charge in [0, 0.05) is 5.03 Å². The molecule has 1 heteroatoms. The molecule has 0 bridgehead atoms. The molecule has 12 heavy (non-hydrogen) atoms. The molecule has 66 valence electrons. The van der Waals surface area contributed by atoms with Crippen molar-refractivity contribution in [2.24, 2.45) is 5.92 Å². The molecule has 0 amide bonds. The Kier molecular flexibility index (Phi) is 2.55. The summed E-state index contributed by atoms with van der Waals surface area (Å²) in [5.41, 5.74) is 1.65. The van der Waals surface area contributed by atoms with Crippen LogP contribution in [0.4, 0.5) is 0 Å². The van der Waals surface area contributed by atoms with Crippen LogP contribution in [0, 0.1) is 5.92 Å². The van der Waals surface area contributed by atoms with Gasteiger partial charge in [-0.1, -0.05) is 36.1 Å². The maximum absolute atomic E-state index is 5.91. The third kappa shape index (κ3) is 1.74. The van der Waals surface area contributed by atoms with Crippen LogP contribution >= 0.6 is 11.6 Å². The number of hydrogen-bond donors (Lipinski definition) is 0. The van der Waals surface area contributed by atoms with Gasteiger partial charge in [-0.15, -0.1) is 0 Å². The van der Waals surface area contributed by atoms with Crippen molar-refractivity contribution in [3.05, 3.63) is 22.8 Å². The molecular weight excluding hydrogens is 168 g/mol. The summed E-state index contributed by atoms with van der Waals surface area (Å²) in [6.07, 6.45) is 12.3. The first-order chi connectivity index (χ1) is 5.86. The van der Waals surface area contributed by atoms with Gasteiger partial charge in [-0.05, 0) is 37.7 Å². The van der Waals surface area contributed by atoms with Crippen molar-refractivity contribution in [2.75, 3.05) is 0 Å². The highest BCUT2D eigenvalue weighted by Crippen LogP contribution is 2.36. The first-order valence-corrected chi connectivity index (χ1v) is 5.29. The van der Waals surface area contributed by atoms with E-state index >= 15 is 0 Å². The third-order valence-corrected chi connectivity index (χ3v) is 3.33. The van der Waals surface area contributed by atoms with Crippen LogP contribution in [0.25, 0.3) is 0 Å². The monoisotopic (exact) mass is 182 g/mol. The highest BCUT2D eigenvalue weighted by atomic mass is 35.5. The van der Waals surface area contributed by atoms with E-state index < -0.39 is 0 Å². The largest absolute Gasteiger partial charge is 0.0891 e. The maximum Gasteiger partial charge on any atom is 0.0184 e. The Morgan fingerprint density at radius 3 is 2.42 bits per heavy atom. The lowest BCUT2D eigenvalue weighted by molar-refractivity contribution is 0.608. The van der Waals surface area contributed by atoms with Gasteiger partial charge >= 0.3 is 0 Å². The van der Waals surface area contributed by atoms with Crippen LogP contribution in [-0.2, 0) is 0 Å². The van der Waals surface area contributed by atoms with Crippen molar-refractivity contribution in [3.8, 4) is 0 Å². The van der Waals surface area contributed by atoms with Gasteiger partial charge in [0.25, 0.3) is 0 Å². The zero-order valence-corrected chi connectivity index (χ0v) is 8.11. The average Bonchev–Trinajstić information content (AvgIpc) is 2.58. The van der Waals surface area contributed by atoms with Crippen LogP contribution in [0.1, 0.15) is 38.5 Å². The molecule has 1 saturated carbocycles. The summed E-state index contributed by atoms with van der Waals surface area (Å²) in [4.78, 5) is 0. The van der Waals surface area contributed by atoms with Gasteiger partial charge in [0.1, 0.15) is 0 Å². The van der Waals surface area contributed by atoms with E-state index in [1.54, 1.807) is 5.57 Å². The third-order valence-electron chi connectivity index (χ3n) is 3.01. The Morgan fingerprint density at radius 1 is 1.08 bits per heavy atom. The van der Waals surface area contributed by atoms with Crippen molar-refractivity contribution in [2.45, 2.75) is 38.5 Å². The van der Waals surface area contributed by atoms with Crippen molar-refractivity contribution >= 4 is 11.6 Å². The van der Waals surface area contributed by atoms with E-state index in [0.717, 1.165) is 17.4 Å². The highest BCUT2D eigenvalue weighted by molar-refractivity contribution is 6.29. The lowest BCUT2D eigenvalue weighted by Crippen LogP contribution is -2.01. The number of allylic oxidation sites excluding steroid dienone is 4. The molecule has 0 nitrogen and oxygen atoms in total. The molecule has 0 spiro atoms. The second kappa shape index (κ2) is 3.66. The quantitative estimate of drug-likeness (QED) is 0.575. The van der Waals surface area contributed by atoms with Crippen LogP contribution in [0.5, 0.6) is 0 Å². The highest BCUT2D eigenvalue weighted by Gasteiger charge is 2.19. The molecule has 0 aromatic carbocycles. The molecule has 0 aromatic rings. The summed E-state index contributed by atoms with van der Waals surface area (Å²) in [5.74, 6) is 0.894. The first-order valence-electron chi connectivity index (χ1n) is 4.91. The zero-order valence-electron chi connectivity index (χ0n) is 7.35. The minimum Gasteiger partial charge on any atom is -0.0891 e. The van der Waals surface area contributed by atoms with Gasteiger partial charge in [0.05, 0.1) is 0 Å². The van der Waals surface area contributed by atoms with E-state index in [0.29, 0.717) is 0 Å². The predicted molar refractivity (Wildman–Crippen MR) is 53.2 cm³/mol. The van der Waals surface area contributed by atoms with Gasteiger partial charge < -0.3 is 0 Å². The summed E-state index contributed by atoms with van der Waals surface area (Å²) in [7, 11) is 0. The molecule has 0 heterocycles. The van der Waals surface area contributed by atoms with Gasteiger partial charge in [0.15, 0.2) is 0 Å². The molecule has 0 saturated heterocycles. The lowest BCUT2D eigenvalue weighted by Gasteiger charge is -2.16. The van der Waals surface area contributed by atoms with E-state index in [9.17, 15) is 0 Å².